The molecule has 1 atom stereocenters. The van der Waals surface area contributed by atoms with Crippen LogP contribution < -0.4 is 0 Å². The van der Waals surface area contributed by atoms with E-state index in [1.165, 1.54) is 109 Å². The summed E-state index contributed by atoms with van der Waals surface area (Å²) in [7, 11) is 0. The van der Waals surface area contributed by atoms with E-state index in [2.05, 4.69) is 135 Å². The standard InChI is InChI=1S/C59H98O4/c1-3-5-7-9-11-13-15-17-19-21-23-25-27-29-31-33-35-37-39-41-43-45-47-49-51-53-55-62-57-58(56-60)63-59(61)54-52-50-48-46-44-42-40-38-36-34-32-30-28-26-24-22-20-18-16-14-12-10-8-6-4-2/h5,7,11,13,16-19,22-25,28-31,35,37,41,43,58,60H,3-4,6,8-10,12,14-15,20-21,26-27,32-34,36,38-40,42,44-57H2,1-2H3/b7-5-,13-11-,18-16-,19-17-,24-22-,25-23-,30-28-,31-29-,37-35-,43-41-. The molecule has 0 aromatic carbocycles. The molecule has 0 aromatic heterocycles. The molecule has 0 saturated heterocycles. The molecule has 0 rings (SSSR count). The maximum atomic E-state index is 12.3. The van der Waals surface area contributed by atoms with Crippen LogP contribution in [-0.2, 0) is 14.3 Å². The van der Waals surface area contributed by atoms with Gasteiger partial charge in [-0.25, -0.2) is 0 Å². The Morgan fingerprint density at radius 3 is 1.08 bits per heavy atom. The van der Waals surface area contributed by atoms with Gasteiger partial charge in [-0.05, 0) is 109 Å². The van der Waals surface area contributed by atoms with Crippen LogP contribution in [0, 0.1) is 0 Å². The third-order valence-corrected chi connectivity index (χ3v) is 10.8. The van der Waals surface area contributed by atoms with Crippen LogP contribution in [-0.4, -0.2) is 37.0 Å². The molecule has 0 saturated carbocycles. The average Bonchev–Trinajstić information content (AvgIpc) is 3.29. The van der Waals surface area contributed by atoms with Gasteiger partial charge in [-0.15, -0.1) is 0 Å². The molecule has 1 unspecified atom stereocenters. The van der Waals surface area contributed by atoms with E-state index in [4.69, 9.17) is 9.47 Å². The number of carbonyl (C=O) groups is 1. The summed E-state index contributed by atoms with van der Waals surface area (Å²) >= 11 is 0. The first-order valence-electron chi connectivity index (χ1n) is 26.1. The molecule has 0 heterocycles. The van der Waals surface area contributed by atoms with Crippen molar-refractivity contribution < 1.29 is 19.4 Å². The first-order chi connectivity index (χ1) is 31.2. The first kappa shape index (κ1) is 59.8. The first-order valence-corrected chi connectivity index (χ1v) is 26.1. The van der Waals surface area contributed by atoms with Crippen LogP contribution in [0.15, 0.2) is 122 Å². The van der Waals surface area contributed by atoms with Gasteiger partial charge in [0.05, 0.1) is 13.2 Å². The molecule has 0 radical (unpaired) electrons. The molecule has 4 heteroatoms. The topological polar surface area (TPSA) is 55.8 Å². The lowest BCUT2D eigenvalue weighted by atomic mass is 10.0. The lowest BCUT2D eigenvalue weighted by Gasteiger charge is -2.15. The Hall–Kier alpha value is -3.21. The lowest BCUT2D eigenvalue weighted by Crippen LogP contribution is -2.27. The molecule has 1 N–H and O–H groups in total. The Labute approximate surface area is 390 Å². The van der Waals surface area contributed by atoms with Crippen molar-refractivity contribution in [2.45, 2.75) is 225 Å². The number of ether oxygens (including phenoxy) is 2. The number of aliphatic hydroxyl groups is 1. The van der Waals surface area contributed by atoms with Gasteiger partial charge in [-0.2, -0.15) is 0 Å². The number of hydrogen-bond acceptors (Lipinski definition) is 4. The minimum atomic E-state index is -0.561. The third kappa shape index (κ3) is 53.0. The molecule has 63 heavy (non-hydrogen) atoms. The van der Waals surface area contributed by atoms with E-state index in [0.717, 1.165) is 89.9 Å². The second-order valence-corrected chi connectivity index (χ2v) is 16.9. The van der Waals surface area contributed by atoms with Crippen LogP contribution in [0.3, 0.4) is 0 Å². The van der Waals surface area contributed by atoms with Crippen LogP contribution in [0.2, 0.25) is 0 Å². The van der Waals surface area contributed by atoms with Crippen LogP contribution in [0.4, 0.5) is 0 Å². The second-order valence-electron chi connectivity index (χ2n) is 16.9. The molecule has 0 aliphatic carbocycles. The highest BCUT2D eigenvalue weighted by Crippen LogP contribution is 2.13. The third-order valence-electron chi connectivity index (χ3n) is 10.8. The molecule has 4 nitrogen and oxygen atoms in total. The van der Waals surface area contributed by atoms with E-state index >= 15 is 0 Å². The smallest absolute Gasteiger partial charge is 0.306 e. The van der Waals surface area contributed by atoms with Gasteiger partial charge >= 0.3 is 5.97 Å². The van der Waals surface area contributed by atoms with Gasteiger partial charge in [0.1, 0.15) is 6.10 Å². The molecular formula is C59H98O4. The van der Waals surface area contributed by atoms with Crippen molar-refractivity contribution in [2.24, 2.45) is 0 Å². The summed E-state index contributed by atoms with van der Waals surface area (Å²) in [4.78, 5) is 12.3. The molecule has 0 bridgehead atoms. The summed E-state index contributed by atoms with van der Waals surface area (Å²) in [5.74, 6) is -0.218. The van der Waals surface area contributed by atoms with E-state index in [1.807, 2.05) is 0 Å². The van der Waals surface area contributed by atoms with E-state index < -0.39 is 6.10 Å². The van der Waals surface area contributed by atoms with Gasteiger partial charge in [0, 0.05) is 13.0 Å². The Morgan fingerprint density at radius 1 is 0.397 bits per heavy atom. The number of unbranched alkanes of at least 4 members (excludes halogenated alkanes) is 19. The van der Waals surface area contributed by atoms with E-state index in [-0.39, 0.29) is 19.2 Å². The molecular weight excluding hydrogens is 773 g/mol. The van der Waals surface area contributed by atoms with Crippen LogP contribution >= 0.6 is 0 Å². The van der Waals surface area contributed by atoms with Crippen molar-refractivity contribution >= 4 is 5.97 Å². The normalized spacial score (nSPS) is 13.4. The van der Waals surface area contributed by atoms with E-state index in [9.17, 15) is 9.90 Å². The average molecular weight is 871 g/mol. The van der Waals surface area contributed by atoms with Crippen molar-refractivity contribution in [3.05, 3.63) is 122 Å². The highest BCUT2D eigenvalue weighted by molar-refractivity contribution is 5.69. The summed E-state index contributed by atoms with van der Waals surface area (Å²) in [5, 5.41) is 9.66. The number of rotatable bonds is 47. The summed E-state index contributed by atoms with van der Waals surface area (Å²) in [6.07, 6.45) is 81.4. The molecule has 0 aromatic rings. The summed E-state index contributed by atoms with van der Waals surface area (Å²) in [5.41, 5.74) is 0. The number of allylic oxidation sites excluding steroid dienone is 20. The summed E-state index contributed by atoms with van der Waals surface area (Å²) in [6, 6.07) is 0. The number of hydrogen-bond donors (Lipinski definition) is 1. The van der Waals surface area contributed by atoms with Gasteiger partial charge in [0.15, 0.2) is 0 Å². The maximum absolute atomic E-state index is 12.3. The van der Waals surface area contributed by atoms with Crippen LogP contribution in [0.25, 0.3) is 0 Å². The van der Waals surface area contributed by atoms with E-state index in [1.54, 1.807) is 0 Å². The van der Waals surface area contributed by atoms with Crippen molar-refractivity contribution in [3.63, 3.8) is 0 Å². The SMILES string of the molecule is CC/C=C\C/C=C\C/C=C\C/C=C\C/C=C\C/C=C\C/C=C\CCCCCCOCC(CO)OC(=O)CCCCCCCCCCCC/C=C\C/C=C\C/C=C\CCCCCCC. The minimum Gasteiger partial charge on any atom is -0.457 e. The Bertz CT molecular complexity index is 1240. The number of esters is 1. The fraction of sp³-hybridized carbons (Fsp3) is 0.644. The Morgan fingerprint density at radius 2 is 0.714 bits per heavy atom. The van der Waals surface area contributed by atoms with Crippen molar-refractivity contribution in [1.29, 1.82) is 0 Å². The van der Waals surface area contributed by atoms with Crippen molar-refractivity contribution in [3.8, 4) is 0 Å². The largest absolute Gasteiger partial charge is 0.457 e. The predicted octanol–water partition coefficient (Wildman–Crippen LogP) is 18.0. The number of aliphatic hydroxyl groups excluding tert-OH is 1. The van der Waals surface area contributed by atoms with Crippen LogP contribution in [0.5, 0.6) is 0 Å². The zero-order chi connectivity index (χ0) is 45.5. The van der Waals surface area contributed by atoms with Gasteiger partial charge in [-0.3, -0.25) is 4.79 Å². The van der Waals surface area contributed by atoms with Gasteiger partial charge < -0.3 is 14.6 Å². The quantitative estimate of drug-likeness (QED) is 0.0376. The summed E-state index contributed by atoms with van der Waals surface area (Å²) in [6.45, 7) is 5.15. The van der Waals surface area contributed by atoms with Crippen molar-refractivity contribution in [1.82, 2.24) is 0 Å². The molecule has 0 amide bonds. The summed E-state index contributed by atoms with van der Waals surface area (Å²) < 4.78 is 11.2. The fourth-order valence-electron chi connectivity index (χ4n) is 6.90. The lowest BCUT2D eigenvalue weighted by molar-refractivity contribution is -0.154. The second kappa shape index (κ2) is 54.9. The molecule has 358 valence electrons. The monoisotopic (exact) mass is 871 g/mol. The van der Waals surface area contributed by atoms with Gasteiger partial charge in [-0.1, -0.05) is 225 Å². The van der Waals surface area contributed by atoms with E-state index in [0.29, 0.717) is 13.0 Å². The predicted molar refractivity (Wildman–Crippen MR) is 278 cm³/mol. The fourth-order valence-corrected chi connectivity index (χ4v) is 6.90. The number of carbonyl (C=O) groups excluding carboxylic acids is 1. The van der Waals surface area contributed by atoms with Crippen molar-refractivity contribution in [2.75, 3.05) is 19.8 Å². The minimum absolute atomic E-state index is 0.192. The molecule has 0 aliphatic heterocycles. The zero-order valence-electron chi connectivity index (χ0n) is 41.0. The highest BCUT2D eigenvalue weighted by Gasteiger charge is 2.13. The molecule has 0 spiro atoms. The maximum Gasteiger partial charge on any atom is 0.306 e. The highest BCUT2D eigenvalue weighted by atomic mass is 16.6. The zero-order valence-corrected chi connectivity index (χ0v) is 41.0. The molecule has 0 fully saturated rings. The van der Waals surface area contributed by atoms with Gasteiger partial charge in [0.25, 0.3) is 0 Å². The Kier molecular flexibility index (Phi) is 52.1. The van der Waals surface area contributed by atoms with Gasteiger partial charge in [0.2, 0.25) is 0 Å². The molecule has 0 aliphatic rings. The Balaban J connectivity index is 3.54. The van der Waals surface area contributed by atoms with Crippen LogP contribution in [0.1, 0.15) is 219 Å².